The van der Waals surface area contributed by atoms with E-state index in [1.807, 2.05) is 6.92 Å². The lowest BCUT2D eigenvalue weighted by Gasteiger charge is -2.34. The predicted octanol–water partition coefficient (Wildman–Crippen LogP) is 0.648. The third kappa shape index (κ3) is 3.27. The zero-order valence-corrected chi connectivity index (χ0v) is 11.3. The van der Waals surface area contributed by atoms with Crippen LogP contribution >= 0.6 is 0 Å². The number of hydrogen-bond acceptors (Lipinski definition) is 5. The van der Waals surface area contributed by atoms with E-state index in [4.69, 9.17) is 15.7 Å². The van der Waals surface area contributed by atoms with Crippen molar-refractivity contribution in [3.8, 4) is 0 Å². The Kier molecular flexibility index (Phi) is 4.57. The van der Waals surface area contributed by atoms with Crippen LogP contribution in [0.25, 0.3) is 0 Å². The molecular weight excluding hydrogens is 262 g/mol. The number of carbonyl (C=O) groups excluding carboxylic acids is 1. The molecule has 0 spiro atoms. The molecule has 2 rings (SSSR count). The van der Waals surface area contributed by atoms with E-state index in [-0.39, 0.29) is 17.8 Å². The van der Waals surface area contributed by atoms with Gasteiger partial charge >= 0.3 is 0 Å². The second kappa shape index (κ2) is 6.38. The standard InChI is InChI=1S/C12H19N5O3/c1-2-20-8-3-7(4-8)5-10(18)15-12-9(6-14-16-12)11(13)17-19/h6-8,19H,2-5H2,1H3,(H2,13,17)(H2,14,15,16,18). The average Bonchev–Trinajstić information content (AvgIpc) is 2.83. The largest absolute Gasteiger partial charge is 0.409 e. The fraction of sp³-hybridized carbons (Fsp3) is 0.583. The Bertz CT molecular complexity index is 493. The van der Waals surface area contributed by atoms with Gasteiger partial charge in [-0.15, -0.1) is 0 Å². The maximum Gasteiger partial charge on any atom is 0.225 e. The lowest BCUT2D eigenvalue weighted by molar-refractivity contribution is -0.119. The van der Waals surface area contributed by atoms with Gasteiger partial charge in [0.1, 0.15) is 5.82 Å². The molecule has 0 bridgehead atoms. The lowest BCUT2D eigenvalue weighted by Crippen LogP contribution is -2.34. The molecular formula is C12H19N5O3. The molecule has 8 heteroatoms. The number of amides is 1. The second-order valence-electron chi connectivity index (χ2n) is 4.81. The van der Waals surface area contributed by atoms with Crippen molar-refractivity contribution < 1.29 is 14.7 Å². The number of carbonyl (C=O) groups is 1. The van der Waals surface area contributed by atoms with Crippen LogP contribution in [0.4, 0.5) is 5.82 Å². The SMILES string of the molecule is CCOC1CC(CC(=O)Nc2[nH]ncc2C(N)=NO)C1. The van der Waals surface area contributed by atoms with Gasteiger partial charge in [0.25, 0.3) is 0 Å². The summed E-state index contributed by atoms with van der Waals surface area (Å²) in [4.78, 5) is 11.9. The molecule has 1 aromatic heterocycles. The number of amidine groups is 1. The van der Waals surface area contributed by atoms with E-state index in [2.05, 4.69) is 20.7 Å². The highest BCUT2D eigenvalue weighted by Gasteiger charge is 2.31. The van der Waals surface area contributed by atoms with Crippen molar-refractivity contribution in [2.45, 2.75) is 32.3 Å². The van der Waals surface area contributed by atoms with E-state index in [9.17, 15) is 4.79 Å². The van der Waals surface area contributed by atoms with Gasteiger partial charge in [0, 0.05) is 13.0 Å². The number of nitrogens with two attached hydrogens (primary N) is 1. The third-order valence-corrected chi connectivity index (χ3v) is 3.36. The molecule has 110 valence electrons. The average molecular weight is 281 g/mol. The minimum Gasteiger partial charge on any atom is -0.409 e. The maximum atomic E-state index is 11.9. The molecule has 0 unspecified atom stereocenters. The normalized spacial score (nSPS) is 22.4. The minimum absolute atomic E-state index is 0.103. The summed E-state index contributed by atoms with van der Waals surface area (Å²) in [6.07, 6.45) is 3.93. The number of ether oxygens (including phenoxy) is 1. The Balaban J connectivity index is 1.83. The summed E-state index contributed by atoms with van der Waals surface area (Å²) < 4.78 is 5.45. The van der Waals surface area contributed by atoms with E-state index in [1.165, 1.54) is 6.20 Å². The first kappa shape index (κ1) is 14.3. The summed E-state index contributed by atoms with van der Waals surface area (Å²) in [5.41, 5.74) is 5.84. The Hall–Kier alpha value is -2.09. The van der Waals surface area contributed by atoms with E-state index < -0.39 is 0 Å². The van der Waals surface area contributed by atoms with Crippen molar-refractivity contribution in [1.82, 2.24) is 10.2 Å². The molecule has 0 aliphatic heterocycles. The fourth-order valence-corrected chi connectivity index (χ4v) is 2.30. The van der Waals surface area contributed by atoms with E-state index in [0.29, 0.717) is 30.3 Å². The molecule has 20 heavy (non-hydrogen) atoms. The highest BCUT2D eigenvalue weighted by atomic mass is 16.5. The molecule has 1 aliphatic carbocycles. The molecule has 0 atom stereocenters. The van der Waals surface area contributed by atoms with Crippen LogP contribution in [0, 0.1) is 5.92 Å². The van der Waals surface area contributed by atoms with Crippen LogP contribution in [0.15, 0.2) is 11.4 Å². The Morgan fingerprint density at radius 3 is 3.10 bits per heavy atom. The quantitative estimate of drug-likeness (QED) is 0.263. The number of H-pyrrole nitrogens is 1. The minimum atomic E-state index is -0.124. The van der Waals surface area contributed by atoms with Crippen molar-refractivity contribution in [3.63, 3.8) is 0 Å². The highest BCUT2D eigenvalue weighted by Crippen LogP contribution is 2.32. The summed E-state index contributed by atoms with van der Waals surface area (Å²) in [5.74, 6) is 0.461. The summed E-state index contributed by atoms with van der Waals surface area (Å²) in [6, 6.07) is 0. The maximum absolute atomic E-state index is 11.9. The molecule has 8 nitrogen and oxygen atoms in total. The monoisotopic (exact) mass is 281 g/mol. The number of anilines is 1. The van der Waals surface area contributed by atoms with E-state index in [0.717, 1.165) is 12.8 Å². The van der Waals surface area contributed by atoms with Gasteiger partial charge in [0.2, 0.25) is 5.91 Å². The van der Waals surface area contributed by atoms with Crippen molar-refractivity contribution in [3.05, 3.63) is 11.8 Å². The number of hydrogen-bond donors (Lipinski definition) is 4. The van der Waals surface area contributed by atoms with Gasteiger partial charge in [-0.25, -0.2) is 0 Å². The second-order valence-corrected chi connectivity index (χ2v) is 4.81. The summed E-state index contributed by atoms with van der Waals surface area (Å²) in [7, 11) is 0. The van der Waals surface area contributed by atoms with Gasteiger partial charge in [0.15, 0.2) is 5.84 Å². The first-order valence-electron chi connectivity index (χ1n) is 6.56. The van der Waals surface area contributed by atoms with Gasteiger partial charge in [0.05, 0.1) is 17.9 Å². The van der Waals surface area contributed by atoms with Crippen LogP contribution in [0.1, 0.15) is 31.7 Å². The number of nitrogens with one attached hydrogen (secondary N) is 2. The summed E-state index contributed by atoms with van der Waals surface area (Å²) in [5, 5.41) is 20.6. The lowest BCUT2D eigenvalue weighted by atomic mass is 9.80. The Morgan fingerprint density at radius 1 is 1.70 bits per heavy atom. The number of aromatic nitrogens is 2. The molecule has 5 N–H and O–H groups in total. The smallest absolute Gasteiger partial charge is 0.225 e. The number of rotatable bonds is 6. The molecule has 1 heterocycles. The molecule has 1 aromatic rings. The molecule has 1 aliphatic rings. The fourth-order valence-electron chi connectivity index (χ4n) is 2.30. The van der Waals surface area contributed by atoms with Crippen LogP contribution in [-0.2, 0) is 9.53 Å². The summed E-state index contributed by atoms with van der Waals surface area (Å²) >= 11 is 0. The molecule has 1 amide bonds. The van der Waals surface area contributed by atoms with Crippen molar-refractivity contribution in [2.24, 2.45) is 16.8 Å². The molecule has 0 aromatic carbocycles. The van der Waals surface area contributed by atoms with E-state index >= 15 is 0 Å². The van der Waals surface area contributed by atoms with Crippen LogP contribution in [0.3, 0.4) is 0 Å². The van der Waals surface area contributed by atoms with Gasteiger partial charge in [-0.2, -0.15) is 5.10 Å². The predicted molar refractivity (Wildman–Crippen MR) is 72.5 cm³/mol. The van der Waals surface area contributed by atoms with Crippen LogP contribution in [0.2, 0.25) is 0 Å². The number of aromatic amines is 1. The van der Waals surface area contributed by atoms with Crippen LogP contribution in [0.5, 0.6) is 0 Å². The van der Waals surface area contributed by atoms with Gasteiger partial charge in [-0.3, -0.25) is 9.89 Å². The zero-order valence-electron chi connectivity index (χ0n) is 11.3. The van der Waals surface area contributed by atoms with E-state index in [1.54, 1.807) is 0 Å². The number of nitrogens with zero attached hydrogens (tertiary/aromatic N) is 2. The van der Waals surface area contributed by atoms with Gasteiger partial charge in [-0.1, -0.05) is 5.16 Å². The van der Waals surface area contributed by atoms with Crippen LogP contribution < -0.4 is 11.1 Å². The zero-order chi connectivity index (χ0) is 14.5. The molecule has 0 saturated heterocycles. The third-order valence-electron chi connectivity index (χ3n) is 3.36. The first-order valence-corrected chi connectivity index (χ1v) is 6.56. The Morgan fingerprint density at radius 2 is 2.45 bits per heavy atom. The van der Waals surface area contributed by atoms with Crippen molar-refractivity contribution in [2.75, 3.05) is 11.9 Å². The summed E-state index contributed by atoms with van der Waals surface area (Å²) in [6.45, 7) is 2.67. The van der Waals surface area contributed by atoms with Gasteiger partial charge < -0.3 is 21.0 Å². The van der Waals surface area contributed by atoms with Crippen molar-refractivity contribution >= 4 is 17.6 Å². The van der Waals surface area contributed by atoms with Crippen molar-refractivity contribution in [1.29, 1.82) is 0 Å². The topological polar surface area (TPSA) is 126 Å². The molecule has 0 radical (unpaired) electrons. The Labute approximate surface area is 116 Å². The van der Waals surface area contributed by atoms with Crippen LogP contribution in [-0.4, -0.2) is 39.9 Å². The van der Waals surface area contributed by atoms with Gasteiger partial charge in [-0.05, 0) is 25.7 Å². The number of oxime groups is 1. The molecule has 1 fully saturated rings. The molecule has 1 saturated carbocycles. The first-order chi connectivity index (χ1) is 9.63. The highest BCUT2D eigenvalue weighted by molar-refractivity contribution is 6.04.